The molecule has 1 rings (SSSR count). The SMILES string of the molecule is CCOC(=O)Nc1ccc(NC(=O)NN)cc1. The quantitative estimate of drug-likeness (QED) is 0.361. The number of anilines is 2. The van der Waals surface area contributed by atoms with Crippen LogP contribution in [0.1, 0.15) is 6.92 Å². The van der Waals surface area contributed by atoms with Gasteiger partial charge in [-0.1, -0.05) is 0 Å². The lowest BCUT2D eigenvalue weighted by Crippen LogP contribution is -2.34. The third-order valence-corrected chi connectivity index (χ3v) is 1.80. The first-order valence-electron chi connectivity index (χ1n) is 4.97. The van der Waals surface area contributed by atoms with Crippen LogP contribution in [0.3, 0.4) is 0 Å². The van der Waals surface area contributed by atoms with E-state index in [2.05, 4.69) is 10.6 Å². The number of carbonyl (C=O) groups is 2. The Morgan fingerprint density at radius 3 is 2.18 bits per heavy atom. The average Bonchev–Trinajstić information content (AvgIpc) is 2.32. The van der Waals surface area contributed by atoms with E-state index in [9.17, 15) is 9.59 Å². The van der Waals surface area contributed by atoms with Gasteiger partial charge in [-0.25, -0.2) is 15.4 Å². The standard InChI is InChI=1S/C10H14N4O3/c1-2-17-10(16)13-8-5-3-7(4-6-8)12-9(15)14-11/h3-6H,2,11H2,1H3,(H,13,16)(H2,12,14,15). The van der Waals surface area contributed by atoms with Crippen LogP contribution in [0.4, 0.5) is 21.0 Å². The molecule has 0 spiro atoms. The van der Waals surface area contributed by atoms with Gasteiger partial charge in [-0.05, 0) is 31.2 Å². The maximum Gasteiger partial charge on any atom is 0.411 e. The molecular weight excluding hydrogens is 224 g/mol. The first-order valence-corrected chi connectivity index (χ1v) is 4.97. The van der Waals surface area contributed by atoms with E-state index in [0.29, 0.717) is 18.0 Å². The highest BCUT2D eigenvalue weighted by molar-refractivity contribution is 5.89. The highest BCUT2D eigenvalue weighted by atomic mass is 16.5. The summed E-state index contributed by atoms with van der Waals surface area (Å²) in [6, 6.07) is 5.98. The van der Waals surface area contributed by atoms with Crippen LogP contribution in [0.2, 0.25) is 0 Å². The van der Waals surface area contributed by atoms with Crippen molar-refractivity contribution in [1.82, 2.24) is 5.43 Å². The number of ether oxygens (including phenoxy) is 1. The van der Waals surface area contributed by atoms with Gasteiger partial charge in [0.15, 0.2) is 0 Å². The smallest absolute Gasteiger partial charge is 0.411 e. The molecule has 7 nitrogen and oxygen atoms in total. The third kappa shape index (κ3) is 4.39. The van der Waals surface area contributed by atoms with Crippen molar-refractivity contribution < 1.29 is 14.3 Å². The van der Waals surface area contributed by atoms with Crippen LogP contribution < -0.4 is 21.9 Å². The van der Waals surface area contributed by atoms with Gasteiger partial charge in [-0.15, -0.1) is 0 Å². The van der Waals surface area contributed by atoms with Gasteiger partial charge in [0.1, 0.15) is 0 Å². The molecule has 17 heavy (non-hydrogen) atoms. The number of amides is 3. The van der Waals surface area contributed by atoms with E-state index in [4.69, 9.17) is 10.6 Å². The zero-order valence-electron chi connectivity index (χ0n) is 9.32. The van der Waals surface area contributed by atoms with Crippen molar-refractivity contribution in [2.75, 3.05) is 17.2 Å². The van der Waals surface area contributed by atoms with Crippen LogP contribution in [0.25, 0.3) is 0 Å². The molecule has 0 aliphatic heterocycles. The van der Waals surface area contributed by atoms with Gasteiger partial charge in [0.25, 0.3) is 0 Å². The first kappa shape index (κ1) is 12.8. The van der Waals surface area contributed by atoms with Crippen LogP contribution in [-0.4, -0.2) is 18.7 Å². The lowest BCUT2D eigenvalue weighted by Gasteiger charge is -2.07. The highest BCUT2D eigenvalue weighted by Gasteiger charge is 2.02. The second-order valence-corrected chi connectivity index (χ2v) is 3.02. The van der Waals surface area contributed by atoms with Crippen molar-refractivity contribution in [2.45, 2.75) is 6.92 Å². The molecule has 1 aromatic carbocycles. The van der Waals surface area contributed by atoms with E-state index >= 15 is 0 Å². The minimum absolute atomic E-state index is 0.308. The molecule has 5 N–H and O–H groups in total. The van der Waals surface area contributed by atoms with E-state index in [0.717, 1.165) is 0 Å². The predicted octanol–water partition coefficient (Wildman–Crippen LogP) is 1.25. The minimum atomic E-state index is -0.520. The van der Waals surface area contributed by atoms with Gasteiger partial charge in [0.2, 0.25) is 0 Å². The first-order chi connectivity index (χ1) is 8.15. The number of nitrogens with one attached hydrogen (secondary N) is 3. The number of benzene rings is 1. The largest absolute Gasteiger partial charge is 0.450 e. The number of carbonyl (C=O) groups excluding carboxylic acids is 2. The van der Waals surface area contributed by atoms with Crippen molar-refractivity contribution >= 4 is 23.5 Å². The van der Waals surface area contributed by atoms with E-state index in [1.807, 2.05) is 5.43 Å². The second-order valence-electron chi connectivity index (χ2n) is 3.02. The Morgan fingerprint density at radius 1 is 1.18 bits per heavy atom. The third-order valence-electron chi connectivity index (χ3n) is 1.80. The Bertz CT molecular complexity index is 391. The van der Waals surface area contributed by atoms with E-state index in [1.165, 1.54) is 0 Å². The Balaban J connectivity index is 2.55. The van der Waals surface area contributed by atoms with Gasteiger partial charge in [0.05, 0.1) is 6.61 Å². The van der Waals surface area contributed by atoms with Crippen LogP contribution >= 0.6 is 0 Å². The van der Waals surface area contributed by atoms with Gasteiger partial charge in [-0.2, -0.15) is 0 Å². The molecule has 0 saturated heterocycles. The van der Waals surface area contributed by atoms with Crippen molar-refractivity contribution in [3.63, 3.8) is 0 Å². The van der Waals surface area contributed by atoms with Gasteiger partial charge >= 0.3 is 12.1 Å². The number of nitrogens with two attached hydrogens (primary N) is 1. The fourth-order valence-electron chi connectivity index (χ4n) is 1.09. The van der Waals surface area contributed by atoms with Crippen LogP contribution in [-0.2, 0) is 4.74 Å². The minimum Gasteiger partial charge on any atom is -0.450 e. The average molecular weight is 238 g/mol. The number of hydrazine groups is 1. The van der Waals surface area contributed by atoms with E-state index in [-0.39, 0.29) is 0 Å². The molecule has 7 heteroatoms. The van der Waals surface area contributed by atoms with Gasteiger partial charge in [-0.3, -0.25) is 10.7 Å². The Hall–Kier alpha value is -2.28. The maximum atomic E-state index is 11.1. The summed E-state index contributed by atoms with van der Waals surface area (Å²) < 4.78 is 4.71. The summed E-state index contributed by atoms with van der Waals surface area (Å²) in [5, 5.41) is 5.00. The summed E-state index contributed by atoms with van der Waals surface area (Å²) in [6.07, 6.45) is -0.520. The summed E-state index contributed by atoms with van der Waals surface area (Å²) in [4.78, 5) is 22.0. The van der Waals surface area contributed by atoms with Gasteiger partial charge < -0.3 is 10.1 Å². The maximum absolute atomic E-state index is 11.1. The predicted molar refractivity (Wildman–Crippen MR) is 63.4 cm³/mol. The molecule has 0 saturated carbocycles. The molecule has 0 bridgehead atoms. The molecule has 0 fully saturated rings. The highest BCUT2D eigenvalue weighted by Crippen LogP contribution is 2.13. The summed E-state index contributed by atoms with van der Waals surface area (Å²) in [5.74, 6) is 4.91. The molecular formula is C10H14N4O3. The van der Waals surface area contributed by atoms with Gasteiger partial charge in [0, 0.05) is 11.4 Å². The fourth-order valence-corrected chi connectivity index (χ4v) is 1.09. The summed E-state index contributed by atoms with van der Waals surface area (Å²) >= 11 is 0. The van der Waals surface area contributed by atoms with Crippen molar-refractivity contribution in [3.05, 3.63) is 24.3 Å². The Morgan fingerprint density at radius 2 is 1.71 bits per heavy atom. The molecule has 0 aliphatic carbocycles. The molecule has 92 valence electrons. The Kier molecular flexibility index (Phi) is 4.77. The molecule has 0 atom stereocenters. The Labute approximate surface area is 98.3 Å². The molecule has 1 aromatic rings. The normalized spacial score (nSPS) is 9.29. The molecule has 0 aromatic heterocycles. The van der Waals surface area contributed by atoms with Crippen molar-refractivity contribution in [3.8, 4) is 0 Å². The number of hydrogen-bond donors (Lipinski definition) is 4. The number of hydrogen-bond acceptors (Lipinski definition) is 4. The fraction of sp³-hybridized carbons (Fsp3) is 0.200. The van der Waals surface area contributed by atoms with Crippen molar-refractivity contribution in [2.24, 2.45) is 5.84 Å². The van der Waals surface area contributed by atoms with Crippen LogP contribution in [0.15, 0.2) is 24.3 Å². The molecule has 0 radical (unpaired) electrons. The number of rotatable bonds is 3. The molecule has 0 heterocycles. The van der Waals surface area contributed by atoms with E-state index in [1.54, 1.807) is 31.2 Å². The topological polar surface area (TPSA) is 105 Å². The summed E-state index contributed by atoms with van der Waals surface area (Å²) in [7, 11) is 0. The lowest BCUT2D eigenvalue weighted by molar-refractivity contribution is 0.168. The summed E-state index contributed by atoms with van der Waals surface area (Å²) in [6.45, 7) is 2.03. The molecule has 0 unspecified atom stereocenters. The molecule has 0 aliphatic rings. The monoisotopic (exact) mass is 238 g/mol. The second kappa shape index (κ2) is 6.33. The molecule has 3 amide bonds. The number of urea groups is 1. The van der Waals surface area contributed by atoms with Crippen LogP contribution in [0.5, 0.6) is 0 Å². The van der Waals surface area contributed by atoms with Crippen molar-refractivity contribution in [1.29, 1.82) is 0 Å². The zero-order chi connectivity index (χ0) is 12.7. The van der Waals surface area contributed by atoms with E-state index < -0.39 is 12.1 Å². The van der Waals surface area contributed by atoms with Crippen LogP contribution in [0, 0.1) is 0 Å². The summed E-state index contributed by atoms with van der Waals surface area (Å²) in [5.41, 5.74) is 3.07. The lowest BCUT2D eigenvalue weighted by atomic mass is 10.3. The zero-order valence-corrected chi connectivity index (χ0v) is 9.32.